The van der Waals surface area contributed by atoms with Crippen LogP contribution < -0.4 is 0 Å². The average Bonchev–Trinajstić information content (AvgIpc) is 2.40. The zero-order chi connectivity index (χ0) is 14.9. The van der Waals surface area contributed by atoms with E-state index in [1.807, 2.05) is 27.7 Å². The fourth-order valence-electron chi connectivity index (χ4n) is 2.47. The molecule has 116 valence electrons. The molecular weight excluding hydrogens is 262 g/mol. The van der Waals surface area contributed by atoms with Crippen molar-refractivity contribution in [2.75, 3.05) is 39.5 Å². The van der Waals surface area contributed by atoms with Crippen molar-refractivity contribution in [3.63, 3.8) is 0 Å². The molecule has 0 bridgehead atoms. The van der Waals surface area contributed by atoms with Crippen molar-refractivity contribution in [1.29, 1.82) is 0 Å². The first-order chi connectivity index (χ1) is 9.01. The monoisotopic (exact) mass is 293 g/mol. The highest BCUT2D eigenvalue weighted by molar-refractivity contribution is 6.64. The van der Waals surface area contributed by atoms with Crippen LogP contribution in [0, 0.1) is 0 Å². The van der Waals surface area contributed by atoms with Crippen LogP contribution in [0.15, 0.2) is 0 Å². The van der Waals surface area contributed by atoms with Gasteiger partial charge in [0.25, 0.3) is 0 Å². The second-order valence-corrected chi connectivity index (χ2v) is 7.52. The van der Waals surface area contributed by atoms with Gasteiger partial charge in [-0.1, -0.05) is 13.8 Å². The molecule has 0 saturated heterocycles. The Hall–Kier alpha value is 0.0169. The van der Waals surface area contributed by atoms with E-state index in [1.165, 1.54) is 0 Å². The van der Waals surface area contributed by atoms with Gasteiger partial charge in [0.05, 0.1) is 6.61 Å². The fraction of sp³-hybridized carbons (Fsp3) is 1.00. The van der Waals surface area contributed by atoms with Crippen LogP contribution in [0.2, 0.25) is 0 Å². The molecule has 0 aliphatic heterocycles. The first-order valence-electron chi connectivity index (χ1n) is 7.29. The maximum absolute atomic E-state index is 9.99. The van der Waals surface area contributed by atoms with Gasteiger partial charge >= 0.3 is 8.80 Å². The molecule has 1 atom stereocenters. The zero-order valence-electron chi connectivity index (χ0n) is 13.4. The average molecular weight is 293 g/mol. The Morgan fingerprint density at radius 1 is 0.895 bits per heavy atom. The summed E-state index contributed by atoms with van der Waals surface area (Å²) in [6, 6.07) is 0. The van der Waals surface area contributed by atoms with E-state index in [0.717, 1.165) is 13.1 Å². The molecule has 0 aliphatic rings. The zero-order valence-corrected chi connectivity index (χ0v) is 14.4. The lowest BCUT2D eigenvalue weighted by Crippen LogP contribution is -2.72. The number of rotatable bonds is 11. The minimum absolute atomic E-state index is 0.0408. The summed E-state index contributed by atoms with van der Waals surface area (Å²) in [4.78, 5) is 2.17. The second kappa shape index (κ2) is 9.04. The van der Waals surface area contributed by atoms with Gasteiger partial charge in [0.2, 0.25) is 0 Å². The Morgan fingerprint density at radius 3 is 1.47 bits per heavy atom. The van der Waals surface area contributed by atoms with Gasteiger partial charge in [-0.2, -0.15) is 0 Å². The first-order valence-corrected chi connectivity index (χ1v) is 9.01. The van der Waals surface area contributed by atoms with Crippen LogP contribution in [0.3, 0.4) is 0 Å². The quantitative estimate of drug-likeness (QED) is 0.587. The predicted octanol–water partition coefficient (Wildman–Crippen LogP) is 1.67. The van der Waals surface area contributed by atoms with Crippen molar-refractivity contribution in [3.05, 3.63) is 0 Å². The van der Waals surface area contributed by atoms with Gasteiger partial charge in [-0.05, 0) is 40.8 Å². The van der Waals surface area contributed by atoms with Crippen LogP contribution in [-0.4, -0.2) is 63.5 Å². The van der Waals surface area contributed by atoms with Gasteiger partial charge in [0, 0.05) is 19.8 Å². The van der Waals surface area contributed by atoms with Crippen molar-refractivity contribution < 1.29 is 18.4 Å². The fourth-order valence-corrected chi connectivity index (χ4v) is 5.69. The molecule has 0 aliphatic carbocycles. The Morgan fingerprint density at radius 2 is 1.26 bits per heavy atom. The van der Waals surface area contributed by atoms with Gasteiger partial charge < -0.3 is 18.4 Å². The summed E-state index contributed by atoms with van der Waals surface area (Å²) in [7, 11) is -2.98. The highest BCUT2D eigenvalue weighted by atomic mass is 28.4. The van der Waals surface area contributed by atoms with E-state index in [1.54, 1.807) is 0 Å². The topological polar surface area (TPSA) is 51.2 Å². The molecule has 1 unspecified atom stereocenters. The molecule has 0 rings (SSSR count). The molecule has 0 heterocycles. The minimum atomic E-state index is -2.98. The summed E-state index contributed by atoms with van der Waals surface area (Å²) < 4.78 is 17.8. The molecule has 0 aromatic heterocycles. The van der Waals surface area contributed by atoms with E-state index in [0.29, 0.717) is 19.8 Å². The lowest BCUT2D eigenvalue weighted by Gasteiger charge is -2.47. The number of aliphatic hydroxyl groups is 1. The summed E-state index contributed by atoms with van der Waals surface area (Å²) in [6.07, 6.45) is 0. The Kier molecular flexibility index (Phi) is 9.05. The van der Waals surface area contributed by atoms with Crippen molar-refractivity contribution in [2.24, 2.45) is 0 Å². The van der Waals surface area contributed by atoms with E-state index < -0.39 is 14.0 Å². The van der Waals surface area contributed by atoms with Crippen LogP contribution in [0.25, 0.3) is 0 Å². The van der Waals surface area contributed by atoms with Gasteiger partial charge in [0.15, 0.2) is 0 Å². The first kappa shape index (κ1) is 19.0. The van der Waals surface area contributed by atoms with Crippen molar-refractivity contribution in [3.8, 4) is 0 Å². The van der Waals surface area contributed by atoms with E-state index >= 15 is 0 Å². The summed E-state index contributed by atoms with van der Waals surface area (Å²) in [5.74, 6) is 0. The second-order valence-electron chi connectivity index (χ2n) is 4.46. The number of hydrogen-bond donors (Lipinski definition) is 1. The molecule has 19 heavy (non-hydrogen) atoms. The third-order valence-electron chi connectivity index (χ3n) is 3.43. The lowest BCUT2D eigenvalue weighted by molar-refractivity contribution is -0.0158. The summed E-state index contributed by atoms with van der Waals surface area (Å²) >= 11 is 0. The molecule has 0 fully saturated rings. The normalized spacial score (nSPS) is 15.8. The molecule has 0 amide bonds. The Labute approximate surface area is 119 Å². The molecule has 0 spiro atoms. The molecule has 6 heteroatoms. The van der Waals surface area contributed by atoms with Gasteiger partial charge in [-0.3, -0.25) is 4.90 Å². The van der Waals surface area contributed by atoms with Crippen LogP contribution in [0.4, 0.5) is 0 Å². The minimum Gasteiger partial charge on any atom is -0.394 e. The molecule has 0 aromatic rings. The summed E-state index contributed by atoms with van der Waals surface area (Å²) in [5, 5.41) is 9.37. The number of likely N-dealkylation sites (N-methyl/N-ethyl adjacent to an activating group) is 1. The molecular formula is C13H31NO4Si. The largest absolute Gasteiger partial charge is 0.524 e. The van der Waals surface area contributed by atoms with E-state index in [2.05, 4.69) is 18.7 Å². The molecule has 1 N–H and O–H groups in total. The predicted molar refractivity (Wildman–Crippen MR) is 79.0 cm³/mol. The van der Waals surface area contributed by atoms with Crippen molar-refractivity contribution in [1.82, 2.24) is 4.90 Å². The highest BCUT2D eigenvalue weighted by Crippen LogP contribution is 2.30. The lowest BCUT2D eigenvalue weighted by atomic mass is 10.3. The third kappa shape index (κ3) is 3.99. The van der Waals surface area contributed by atoms with E-state index in [-0.39, 0.29) is 6.61 Å². The van der Waals surface area contributed by atoms with Gasteiger partial charge in [0.1, 0.15) is 5.16 Å². The Bertz CT molecular complexity index is 222. The van der Waals surface area contributed by atoms with E-state index in [4.69, 9.17) is 13.3 Å². The van der Waals surface area contributed by atoms with Crippen molar-refractivity contribution in [2.45, 2.75) is 46.7 Å². The van der Waals surface area contributed by atoms with Crippen LogP contribution in [0.1, 0.15) is 41.5 Å². The summed E-state index contributed by atoms with van der Waals surface area (Å²) in [6.45, 7) is 15.1. The number of hydrogen-bond acceptors (Lipinski definition) is 5. The van der Waals surface area contributed by atoms with Crippen molar-refractivity contribution >= 4 is 8.80 Å². The smallest absolute Gasteiger partial charge is 0.394 e. The van der Waals surface area contributed by atoms with Crippen LogP contribution in [0.5, 0.6) is 0 Å². The molecule has 0 radical (unpaired) electrons. The van der Waals surface area contributed by atoms with Gasteiger partial charge in [-0.25, -0.2) is 0 Å². The molecule has 0 aromatic carbocycles. The van der Waals surface area contributed by atoms with E-state index in [9.17, 15) is 5.11 Å². The van der Waals surface area contributed by atoms with Crippen LogP contribution >= 0.6 is 0 Å². The molecule has 5 nitrogen and oxygen atoms in total. The van der Waals surface area contributed by atoms with Gasteiger partial charge in [-0.15, -0.1) is 0 Å². The maximum Gasteiger partial charge on any atom is 0.524 e. The highest BCUT2D eigenvalue weighted by Gasteiger charge is 2.60. The maximum atomic E-state index is 9.99. The number of nitrogens with zero attached hydrogens (tertiary/aromatic N) is 1. The molecule has 0 saturated carbocycles. The Balaban J connectivity index is 5.57. The van der Waals surface area contributed by atoms with Crippen LogP contribution in [-0.2, 0) is 13.3 Å². The SMILES string of the molecule is CCO[Si](OCC)(OCC)C(C)(CO)N(CC)CC. The number of aliphatic hydroxyl groups excluding tert-OH is 1. The third-order valence-corrected chi connectivity index (χ3v) is 7.23. The standard InChI is InChI=1S/C13H31NO4Si/c1-7-14(8-2)13(6,12-15)19(16-9-3,17-10-4)18-11-5/h15H,7-12H2,1-6H3. The summed E-state index contributed by atoms with van der Waals surface area (Å²) in [5.41, 5.74) is 0.